The van der Waals surface area contributed by atoms with Crippen molar-refractivity contribution in [3.63, 3.8) is 0 Å². The quantitative estimate of drug-likeness (QED) is 0.296. The fraction of sp³-hybridized carbons (Fsp3) is 0.650. The molecule has 1 heterocycles. The van der Waals surface area contributed by atoms with Crippen LogP contribution in [0.5, 0.6) is 5.75 Å². The van der Waals surface area contributed by atoms with Crippen molar-refractivity contribution >= 4 is 45.5 Å². The molecule has 0 aromatic heterocycles. The van der Waals surface area contributed by atoms with Crippen molar-refractivity contribution in [2.24, 2.45) is 4.99 Å². The number of nitrogens with one attached hydrogen (secondary N) is 2. The van der Waals surface area contributed by atoms with Gasteiger partial charge in [0.2, 0.25) is 0 Å². The number of sulfone groups is 1. The van der Waals surface area contributed by atoms with E-state index in [4.69, 9.17) is 0 Å². The molecular formula is C20H33F2IN4O3S. The van der Waals surface area contributed by atoms with Crippen molar-refractivity contribution in [2.75, 3.05) is 37.3 Å². The Balaban J connectivity index is 0.00000480. The number of hydrogen-bond acceptors (Lipinski definition) is 5. The van der Waals surface area contributed by atoms with E-state index in [0.717, 1.165) is 31.6 Å². The normalized spacial score (nSPS) is 17.8. The lowest BCUT2D eigenvalue weighted by Gasteiger charge is -2.35. The molecule has 1 saturated heterocycles. The van der Waals surface area contributed by atoms with E-state index in [1.807, 2.05) is 0 Å². The number of rotatable bonds is 7. The van der Waals surface area contributed by atoms with E-state index in [9.17, 15) is 17.2 Å². The van der Waals surface area contributed by atoms with Gasteiger partial charge in [-0.15, -0.1) is 24.0 Å². The SMILES string of the molecule is CN=C(NCCS(=O)(=O)C(C)(C)C)NC1CCCN(c2ccc(OC(F)F)cc2)C1.I. The summed E-state index contributed by atoms with van der Waals surface area (Å²) in [6.45, 7) is 4.10. The molecule has 178 valence electrons. The molecule has 0 radical (unpaired) electrons. The van der Waals surface area contributed by atoms with Gasteiger partial charge in [0.05, 0.1) is 10.5 Å². The monoisotopic (exact) mass is 574 g/mol. The van der Waals surface area contributed by atoms with Gasteiger partial charge in [-0.2, -0.15) is 8.78 Å². The summed E-state index contributed by atoms with van der Waals surface area (Å²) in [5, 5.41) is 6.43. The number of nitrogens with zero attached hydrogens (tertiary/aromatic N) is 2. The summed E-state index contributed by atoms with van der Waals surface area (Å²) in [6.07, 6.45) is 1.91. The standard InChI is InChI=1S/C20H32F2N4O3S.HI/c1-20(2,3)30(27,28)13-11-24-19(23-4)25-15-6-5-12-26(14-15)16-7-9-17(10-8-16)29-18(21)22;/h7-10,15,18H,5-6,11-14H2,1-4H3,(H2,23,24,25);1H. The summed E-state index contributed by atoms with van der Waals surface area (Å²) < 4.78 is 52.7. The zero-order valence-corrected chi connectivity index (χ0v) is 21.5. The molecule has 1 aliphatic heterocycles. The topological polar surface area (TPSA) is 83.0 Å². The van der Waals surface area contributed by atoms with E-state index in [-0.39, 0.29) is 48.1 Å². The fourth-order valence-corrected chi connectivity index (χ4v) is 4.15. The van der Waals surface area contributed by atoms with Crippen LogP contribution in [0.4, 0.5) is 14.5 Å². The van der Waals surface area contributed by atoms with Crippen LogP contribution < -0.4 is 20.3 Å². The Bertz CT molecular complexity index is 815. The Labute approximate surface area is 201 Å². The largest absolute Gasteiger partial charge is 0.435 e. The highest BCUT2D eigenvalue weighted by molar-refractivity contribution is 14.0. The highest BCUT2D eigenvalue weighted by Gasteiger charge is 2.28. The molecule has 1 aromatic carbocycles. The van der Waals surface area contributed by atoms with Crippen LogP contribution in [0.3, 0.4) is 0 Å². The Morgan fingerprint density at radius 1 is 1.29 bits per heavy atom. The smallest absolute Gasteiger partial charge is 0.387 e. The van der Waals surface area contributed by atoms with Crippen molar-refractivity contribution in [1.29, 1.82) is 0 Å². The van der Waals surface area contributed by atoms with E-state index >= 15 is 0 Å². The first-order chi connectivity index (χ1) is 14.0. The maximum Gasteiger partial charge on any atom is 0.387 e. The van der Waals surface area contributed by atoms with Crippen molar-refractivity contribution in [3.05, 3.63) is 24.3 Å². The minimum absolute atomic E-state index is 0. The first-order valence-corrected chi connectivity index (χ1v) is 11.7. The van der Waals surface area contributed by atoms with Crippen molar-refractivity contribution < 1.29 is 21.9 Å². The molecule has 0 saturated carbocycles. The van der Waals surface area contributed by atoms with Gasteiger partial charge in [0.25, 0.3) is 0 Å². The summed E-state index contributed by atoms with van der Waals surface area (Å²) >= 11 is 0. The van der Waals surface area contributed by atoms with E-state index in [0.29, 0.717) is 5.96 Å². The van der Waals surface area contributed by atoms with Gasteiger partial charge in [-0.05, 0) is 57.9 Å². The number of benzene rings is 1. The molecule has 2 N–H and O–H groups in total. The number of alkyl halides is 2. The van der Waals surface area contributed by atoms with E-state index < -0.39 is 21.2 Å². The molecule has 1 atom stereocenters. The highest BCUT2D eigenvalue weighted by Crippen LogP contribution is 2.24. The van der Waals surface area contributed by atoms with E-state index in [2.05, 4.69) is 25.3 Å². The highest BCUT2D eigenvalue weighted by atomic mass is 127. The number of piperidine rings is 1. The van der Waals surface area contributed by atoms with Gasteiger partial charge in [0.15, 0.2) is 15.8 Å². The summed E-state index contributed by atoms with van der Waals surface area (Å²) in [4.78, 5) is 6.37. The van der Waals surface area contributed by atoms with Gasteiger partial charge in [0.1, 0.15) is 5.75 Å². The zero-order valence-electron chi connectivity index (χ0n) is 18.4. The van der Waals surface area contributed by atoms with Gasteiger partial charge in [0, 0.05) is 38.4 Å². The third kappa shape index (κ3) is 8.59. The van der Waals surface area contributed by atoms with Crippen molar-refractivity contribution in [1.82, 2.24) is 10.6 Å². The second-order valence-electron chi connectivity index (χ2n) is 8.23. The molecule has 2 rings (SSSR count). The fourth-order valence-electron chi connectivity index (χ4n) is 3.17. The second kappa shape index (κ2) is 12.0. The zero-order chi connectivity index (χ0) is 22.4. The summed E-state index contributed by atoms with van der Waals surface area (Å²) in [6, 6.07) is 6.74. The van der Waals surface area contributed by atoms with Crippen LogP contribution in [0.25, 0.3) is 0 Å². The van der Waals surface area contributed by atoms with Crippen LogP contribution in [0.2, 0.25) is 0 Å². The molecule has 0 amide bonds. The molecule has 1 fully saturated rings. The number of guanidine groups is 1. The first kappa shape index (κ1) is 27.7. The molecule has 1 aliphatic rings. The van der Waals surface area contributed by atoms with Crippen LogP contribution in [0.1, 0.15) is 33.6 Å². The molecule has 1 aromatic rings. The van der Waals surface area contributed by atoms with Gasteiger partial charge < -0.3 is 20.3 Å². The Morgan fingerprint density at radius 3 is 2.48 bits per heavy atom. The number of ether oxygens (including phenoxy) is 1. The van der Waals surface area contributed by atoms with E-state index in [1.165, 1.54) is 12.1 Å². The van der Waals surface area contributed by atoms with Gasteiger partial charge in [-0.1, -0.05) is 0 Å². The van der Waals surface area contributed by atoms with Gasteiger partial charge in [-0.25, -0.2) is 8.42 Å². The summed E-state index contributed by atoms with van der Waals surface area (Å²) in [5.41, 5.74) is 0.933. The predicted octanol–water partition coefficient (Wildman–Crippen LogP) is 3.25. The van der Waals surface area contributed by atoms with Crippen LogP contribution in [-0.2, 0) is 9.84 Å². The molecule has 0 bridgehead atoms. The maximum atomic E-state index is 12.3. The minimum atomic E-state index is -3.20. The average molecular weight is 574 g/mol. The van der Waals surface area contributed by atoms with Crippen LogP contribution in [0.15, 0.2) is 29.3 Å². The maximum absolute atomic E-state index is 12.3. The molecule has 1 unspecified atom stereocenters. The van der Waals surface area contributed by atoms with Crippen molar-refractivity contribution in [2.45, 2.75) is 51.0 Å². The third-order valence-corrected chi connectivity index (χ3v) is 7.62. The number of hydrogen-bond donors (Lipinski definition) is 2. The van der Waals surface area contributed by atoms with Crippen LogP contribution in [0, 0.1) is 0 Å². The second-order valence-corrected chi connectivity index (χ2v) is 11.1. The molecular weight excluding hydrogens is 541 g/mol. The lowest BCUT2D eigenvalue weighted by atomic mass is 10.0. The van der Waals surface area contributed by atoms with Crippen LogP contribution >= 0.6 is 24.0 Å². The Morgan fingerprint density at radius 2 is 1.94 bits per heavy atom. The number of aliphatic imine (C=N–C) groups is 1. The summed E-state index contributed by atoms with van der Waals surface area (Å²) in [7, 11) is -1.55. The van der Waals surface area contributed by atoms with Crippen molar-refractivity contribution in [3.8, 4) is 5.75 Å². The molecule has 0 spiro atoms. The molecule has 0 aliphatic carbocycles. The minimum Gasteiger partial charge on any atom is -0.435 e. The first-order valence-electron chi connectivity index (χ1n) is 10.0. The molecule has 31 heavy (non-hydrogen) atoms. The lowest BCUT2D eigenvalue weighted by Crippen LogP contribution is -2.52. The number of anilines is 1. The average Bonchev–Trinajstić information content (AvgIpc) is 2.66. The summed E-state index contributed by atoms with van der Waals surface area (Å²) in [5.74, 6) is 0.725. The third-order valence-electron chi connectivity index (χ3n) is 5.01. The predicted molar refractivity (Wildman–Crippen MR) is 132 cm³/mol. The Hall–Kier alpha value is -1.37. The van der Waals surface area contributed by atoms with Gasteiger partial charge in [-0.3, -0.25) is 4.99 Å². The van der Waals surface area contributed by atoms with Gasteiger partial charge >= 0.3 is 6.61 Å². The Kier molecular flexibility index (Phi) is 10.7. The van der Waals surface area contributed by atoms with E-state index in [1.54, 1.807) is 40.0 Å². The van der Waals surface area contributed by atoms with Crippen LogP contribution in [-0.4, -0.2) is 64.2 Å². The lowest BCUT2D eigenvalue weighted by molar-refractivity contribution is -0.0498. The molecule has 11 heteroatoms. The number of halogens is 3. The molecule has 7 nitrogen and oxygen atoms in total.